The molecule has 4 aliphatic rings. The summed E-state index contributed by atoms with van der Waals surface area (Å²) in [7, 11) is 0. The van der Waals surface area contributed by atoms with Gasteiger partial charge in [0.2, 0.25) is 0 Å². The molecule has 0 N–H and O–H groups in total. The van der Waals surface area contributed by atoms with E-state index < -0.39 is 0 Å². The lowest BCUT2D eigenvalue weighted by Gasteiger charge is -2.54. The van der Waals surface area contributed by atoms with E-state index in [1.165, 1.54) is 5.57 Å². The molecule has 2 aliphatic heterocycles. The molecule has 2 aliphatic carbocycles. The zero-order valence-corrected chi connectivity index (χ0v) is 15.7. The van der Waals surface area contributed by atoms with Crippen molar-refractivity contribution in [3.63, 3.8) is 0 Å². The minimum atomic E-state index is -0.307. The SMILES string of the molecule is CC1(C)CC[C@@H]2OC(c3ccccc3)OC[C@@]34O[C@]3(C)CC=C1[C@]24C. The maximum absolute atomic E-state index is 6.63. The average Bonchev–Trinajstić information content (AvgIpc) is 3.24. The molecular weight excluding hydrogens is 312 g/mol. The maximum atomic E-state index is 6.63. The van der Waals surface area contributed by atoms with Crippen molar-refractivity contribution in [3.8, 4) is 0 Å². The molecule has 5 rings (SSSR count). The number of benzene rings is 1. The predicted molar refractivity (Wildman–Crippen MR) is 96.1 cm³/mol. The van der Waals surface area contributed by atoms with Crippen molar-refractivity contribution in [1.82, 2.24) is 0 Å². The Morgan fingerprint density at radius 2 is 1.80 bits per heavy atom. The van der Waals surface area contributed by atoms with Crippen LogP contribution in [0.3, 0.4) is 0 Å². The molecule has 3 nitrogen and oxygen atoms in total. The summed E-state index contributed by atoms with van der Waals surface area (Å²) in [6.45, 7) is 9.96. The summed E-state index contributed by atoms with van der Waals surface area (Å²) in [5.41, 5.74) is 2.32. The van der Waals surface area contributed by atoms with Gasteiger partial charge in [0.1, 0.15) is 11.2 Å². The van der Waals surface area contributed by atoms with Gasteiger partial charge in [-0.3, -0.25) is 0 Å². The van der Waals surface area contributed by atoms with Gasteiger partial charge < -0.3 is 14.2 Å². The standard InChI is InChI=1S/C22H28O3/c1-19(2)12-11-17-21(4)16(19)10-13-20(3)22(21,25-20)14-23-18(24-17)15-8-6-5-7-9-15/h5-10,17-18H,11-14H2,1-4H3/t17-,18?,20+,21+,22+/m0/s1. The summed E-state index contributed by atoms with van der Waals surface area (Å²) >= 11 is 0. The van der Waals surface area contributed by atoms with Crippen molar-refractivity contribution in [1.29, 1.82) is 0 Å². The van der Waals surface area contributed by atoms with E-state index in [1.807, 2.05) is 18.2 Å². The number of rotatable bonds is 1. The third-order valence-electron chi connectivity index (χ3n) is 7.51. The Morgan fingerprint density at radius 1 is 1.04 bits per heavy atom. The molecule has 1 aromatic rings. The maximum Gasteiger partial charge on any atom is 0.184 e. The van der Waals surface area contributed by atoms with Crippen LogP contribution in [0.15, 0.2) is 42.0 Å². The van der Waals surface area contributed by atoms with Crippen molar-refractivity contribution >= 4 is 0 Å². The average molecular weight is 340 g/mol. The Hall–Kier alpha value is -1.16. The molecule has 2 saturated heterocycles. The quantitative estimate of drug-likeness (QED) is 0.544. The highest BCUT2D eigenvalue weighted by Crippen LogP contribution is 2.72. The summed E-state index contributed by atoms with van der Waals surface area (Å²) in [5, 5.41) is 0. The van der Waals surface area contributed by atoms with E-state index in [0.717, 1.165) is 24.8 Å². The van der Waals surface area contributed by atoms with Crippen molar-refractivity contribution in [3.05, 3.63) is 47.5 Å². The topological polar surface area (TPSA) is 31.0 Å². The van der Waals surface area contributed by atoms with Crippen LogP contribution in [0.1, 0.15) is 58.8 Å². The van der Waals surface area contributed by atoms with Crippen molar-refractivity contribution in [2.75, 3.05) is 6.61 Å². The highest BCUT2D eigenvalue weighted by atomic mass is 16.7. The van der Waals surface area contributed by atoms with E-state index in [4.69, 9.17) is 14.2 Å². The molecule has 0 radical (unpaired) electrons. The van der Waals surface area contributed by atoms with Crippen LogP contribution in [-0.4, -0.2) is 23.9 Å². The molecule has 0 bridgehead atoms. The first-order chi connectivity index (χ1) is 11.8. The molecule has 134 valence electrons. The highest BCUT2D eigenvalue weighted by molar-refractivity contribution is 5.43. The van der Waals surface area contributed by atoms with Crippen LogP contribution < -0.4 is 0 Å². The van der Waals surface area contributed by atoms with Crippen LogP contribution in [0.2, 0.25) is 0 Å². The molecular formula is C22H28O3. The second kappa shape index (κ2) is 4.76. The number of ether oxygens (including phenoxy) is 3. The lowest BCUT2D eigenvalue weighted by atomic mass is 9.50. The lowest BCUT2D eigenvalue weighted by Crippen LogP contribution is -2.58. The minimum absolute atomic E-state index is 0.119. The van der Waals surface area contributed by atoms with Gasteiger partial charge in [-0.05, 0) is 31.6 Å². The second-order valence-corrected chi connectivity index (χ2v) is 9.29. The summed E-state index contributed by atoms with van der Waals surface area (Å²) < 4.78 is 19.5. The zero-order chi connectivity index (χ0) is 17.5. The van der Waals surface area contributed by atoms with E-state index in [9.17, 15) is 0 Å². The molecule has 1 aromatic carbocycles. The third-order valence-corrected chi connectivity index (χ3v) is 7.51. The molecule has 25 heavy (non-hydrogen) atoms. The second-order valence-electron chi connectivity index (χ2n) is 9.29. The van der Waals surface area contributed by atoms with Gasteiger partial charge in [0, 0.05) is 11.0 Å². The molecule has 1 saturated carbocycles. The Bertz CT molecular complexity index is 739. The smallest absolute Gasteiger partial charge is 0.184 e. The van der Waals surface area contributed by atoms with E-state index in [2.05, 4.69) is 45.9 Å². The number of hydrogen-bond donors (Lipinski definition) is 0. The lowest BCUT2D eigenvalue weighted by molar-refractivity contribution is -0.177. The fourth-order valence-corrected chi connectivity index (χ4v) is 5.98. The summed E-state index contributed by atoms with van der Waals surface area (Å²) in [5.74, 6) is 0. The van der Waals surface area contributed by atoms with E-state index in [-0.39, 0.29) is 34.4 Å². The summed E-state index contributed by atoms with van der Waals surface area (Å²) in [6.07, 6.45) is 5.44. The van der Waals surface area contributed by atoms with Crippen molar-refractivity contribution in [2.45, 2.75) is 70.6 Å². The summed E-state index contributed by atoms with van der Waals surface area (Å²) in [6, 6.07) is 10.3. The van der Waals surface area contributed by atoms with Crippen LogP contribution >= 0.6 is 0 Å². The Morgan fingerprint density at radius 3 is 2.56 bits per heavy atom. The van der Waals surface area contributed by atoms with Gasteiger partial charge >= 0.3 is 0 Å². The Balaban J connectivity index is 1.61. The largest absolute Gasteiger partial charge is 0.359 e. The van der Waals surface area contributed by atoms with E-state index >= 15 is 0 Å². The molecule has 1 spiro atoms. The molecule has 0 amide bonds. The van der Waals surface area contributed by atoms with Gasteiger partial charge in [0.05, 0.1) is 12.7 Å². The van der Waals surface area contributed by atoms with E-state index in [1.54, 1.807) is 0 Å². The zero-order valence-electron chi connectivity index (χ0n) is 15.7. The van der Waals surface area contributed by atoms with Gasteiger partial charge in [-0.2, -0.15) is 0 Å². The first-order valence-electron chi connectivity index (χ1n) is 9.56. The fourth-order valence-electron chi connectivity index (χ4n) is 5.98. The first kappa shape index (κ1) is 16.0. The van der Waals surface area contributed by atoms with Gasteiger partial charge in [0.25, 0.3) is 0 Å². The van der Waals surface area contributed by atoms with E-state index in [0.29, 0.717) is 6.61 Å². The van der Waals surface area contributed by atoms with Crippen LogP contribution in [0.4, 0.5) is 0 Å². The Labute approximate surface area is 150 Å². The molecule has 5 atom stereocenters. The minimum Gasteiger partial charge on any atom is -0.359 e. The third kappa shape index (κ3) is 1.87. The molecule has 2 heterocycles. The molecule has 1 unspecified atom stereocenters. The van der Waals surface area contributed by atoms with Gasteiger partial charge in [0.15, 0.2) is 6.29 Å². The van der Waals surface area contributed by atoms with Crippen LogP contribution in [0.5, 0.6) is 0 Å². The monoisotopic (exact) mass is 340 g/mol. The van der Waals surface area contributed by atoms with Crippen LogP contribution in [-0.2, 0) is 14.2 Å². The predicted octanol–water partition coefficient (Wildman–Crippen LogP) is 4.78. The number of hydrogen-bond acceptors (Lipinski definition) is 3. The van der Waals surface area contributed by atoms with Crippen molar-refractivity contribution in [2.24, 2.45) is 10.8 Å². The first-order valence-corrected chi connectivity index (χ1v) is 9.56. The van der Waals surface area contributed by atoms with Crippen LogP contribution in [0.25, 0.3) is 0 Å². The van der Waals surface area contributed by atoms with Gasteiger partial charge in [-0.15, -0.1) is 0 Å². The summed E-state index contributed by atoms with van der Waals surface area (Å²) in [4.78, 5) is 0. The van der Waals surface area contributed by atoms with Gasteiger partial charge in [-0.1, -0.05) is 62.8 Å². The van der Waals surface area contributed by atoms with Gasteiger partial charge in [-0.25, -0.2) is 0 Å². The van der Waals surface area contributed by atoms with Crippen LogP contribution in [0, 0.1) is 10.8 Å². The number of epoxide rings is 1. The highest BCUT2D eigenvalue weighted by Gasteiger charge is 2.80. The Kier molecular flexibility index (Phi) is 3.06. The molecule has 3 heteroatoms. The molecule has 3 fully saturated rings. The van der Waals surface area contributed by atoms with Crippen molar-refractivity contribution < 1.29 is 14.2 Å². The molecule has 0 aromatic heterocycles. The fraction of sp³-hybridized carbons (Fsp3) is 0.636. The normalized spacial score (nSPS) is 47.1.